The minimum Gasteiger partial charge on any atom is -0.484 e. The van der Waals surface area contributed by atoms with E-state index in [1.165, 1.54) is 0 Å². The number of ether oxygens (including phenoxy) is 1. The van der Waals surface area contributed by atoms with Crippen LogP contribution in [0.5, 0.6) is 5.75 Å². The molecule has 1 aliphatic rings. The van der Waals surface area contributed by atoms with Gasteiger partial charge in [-0.2, -0.15) is 0 Å². The van der Waals surface area contributed by atoms with Gasteiger partial charge in [-0.05, 0) is 23.6 Å². The van der Waals surface area contributed by atoms with Crippen molar-refractivity contribution in [2.75, 3.05) is 6.54 Å². The topological polar surface area (TPSA) is 34.4 Å². The average Bonchev–Trinajstić information content (AvgIpc) is 3.00. The Morgan fingerprint density at radius 2 is 1.91 bits per heavy atom. The molecule has 0 fully saturated rings. The molecule has 114 valence electrons. The first kappa shape index (κ1) is 15.4. The van der Waals surface area contributed by atoms with Crippen LogP contribution < -0.4 is 10.1 Å². The Hall–Kier alpha value is -1.49. The Morgan fingerprint density at radius 1 is 1.09 bits per heavy atom. The molecule has 5 heteroatoms. The normalized spacial score (nSPS) is 16.9. The van der Waals surface area contributed by atoms with Crippen LogP contribution in [0.2, 0.25) is 0 Å². The third-order valence-electron chi connectivity index (χ3n) is 3.84. The van der Waals surface area contributed by atoms with Crippen LogP contribution in [0.25, 0.3) is 10.8 Å². The molecule has 1 aromatic heterocycles. The molecule has 1 aliphatic heterocycles. The van der Waals surface area contributed by atoms with Gasteiger partial charge >= 0.3 is 0 Å². The van der Waals surface area contributed by atoms with E-state index in [2.05, 4.69) is 33.4 Å². The van der Waals surface area contributed by atoms with E-state index in [-0.39, 0.29) is 18.5 Å². The van der Waals surface area contributed by atoms with Crippen LogP contribution in [0.4, 0.5) is 0 Å². The van der Waals surface area contributed by atoms with Crippen LogP contribution >= 0.6 is 28.3 Å². The molecule has 1 atom stereocenters. The van der Waals surface area contributed by atoms with E-state index in [1.54, 1.807) is 6.26 Å². The first-order valence-electron chi connectivity index (χ1n) is 6.94. The predicted octanol–water partition coefficient (Wildman–Crippen LogP) is 4.84. The van der Waals surface area contributed by atoms with Crippen molar-refractivity contribution in [1.82, 2.24) is 5.32 Å². The van der Waals surface area contributed by atoms with Gasteiger partial charge in [0.05, 0.1) is 12.8 Å². The lowest BCUT2D eigenvalue weighted by molar-refractivity contribution is 0.188. The second kappa shape index (κ2) is 6.32. The van der Waals surface area contributed by atoms with E-state index < -0.39 is 0 Å². The maximum atomic E-state index is 6.27. The molecule has 3 nitrogen and oxygen atoms in total. The first-order valence-corrected chi connectivity index (χ1v) is 7.73. The van der Waals surface area contributed by atoms with Crippen molar-refractivity contribution in [3.05, 3.63) is 64.5 Å². The number of rotatable bonds is 2. The highest BCUT2D eigenvalue weighted by Gasteiger charge is 2.24. The standard InChI is InChI=1S/C17H14BrNO2.ClH/c18-14-5-6-15(12-4-2-1-3-11(12)14)21-17-10-19-9-16-13(17)7-8-20-16;/h1-8,17,19H,9-10H2;1H. The van der Waals surface area contributed by atoms with Crippen LogP contribution in [-0.2, 0) is 6.54 Å². The summed E-state index contributed by atoms with van der Waals surface area (Å²) in [7, 11) is 0. The van der Waals surface area contributed by atoms with E-state index in [0.29, 0.717) is 0 Å². The molecule has 0 amide bonds. The molecule has 0 radical (unpaired) electrons. The minimum absolute atomic E-state index is 0. The van der Waals surface area contributed by atoms with E-state index in [4.69, 9.17) is 9.15 Å². The number of furan rings is 1. The summed E-state index contributed by atoms with van der Waals surface area (Å²) in [5.74, 6) is 1.86. The fraction of sp³-hybridized carbons (Fsp3) is 0.176. The quantitative estimate of drug-likeness (QED) is 0.691. The minimum atomic E-state index is -0.0166. The number of hydrogen-bond donors (Lipinski definition) is 1. The summed E-state index contributed by atoms with van der Waals surface area (Å²) >= 11 is 3.59. The Labute approximate surface area is 143 Å². The maximum Gasteiger partial charge on any atom is 0.140 e. The van der Waals surface area contributed by atoms with E-state index in [1.807, 2.05) is 30.3 Å². The smallest absolute Gasteiger partial charge is 0.140 e. The molecule has 1 N–H and O–H groups in total. The van der Waals surface area contributed by atoms with Crippen molar-refractivity contribution >= 4 is 39.1 Å². The van der Waals surface area contributed by atoms with E-state index in [0.717, 1.165) is 45.4 Å². The lowest BCUT2D eigenvalue weighted by atomic mass is 10.1. The van der Waals surface area contributed by atoms with E-state index >= 15 is 0 Å². The van der Waals surface area contributed by atoms with Crippen molar-refractivity contribution in [2.45, 2.75) is 12.6 Å². The third-order valence-corrected chi connectivity index (χ3v) is 4.53. The van der Waals surface area contributed by atoms with Gasteiger partial charge in [-0.15, -0.1) is 12.4 Å². The fourth-order valence-electron chi connectivity index (χ4n) is 2.80. The molecule has 0 bridgehead atoms. The molecule has 0 spiro atoms. The van der Waals surface area contributed by atoms with Crippen molar-refractivity contribution in [3.8, 4) is 5.75 Å². The van der Waals surface area contributed by atoms with Gasteiger partial charge in [0.25, 0.3) is 0 Å². The molecular formula is C17H15BrClNO2. The fourth-order valence-corrected chi connectivity index (χ4v) is 3.28. The lowest BCUT2D eigenvalue weighted by Gasteiger charge is -2.24. The van der Waals surface area contributed by atoms with Gasteiger partial charge in [-0.3, -0.25) is 0 Å². The molecule has 22 heavy (non-hydrogen) atoms. The second-order valence-electron chi connectivity index (χ2n) is 5.13. The Balaban J connectivity index is 0.00000144. The van der Waals surface area contributed by atoms with Crippen molar-refractivity contribution in [1.29, 1.82) is 0 Å². The van der Waals surface area contributed by atoms with Crippen molar-refractivity contribution < 1.29 is 9.15 Å². The predicted molar refractivity (Wildman–Crippen MR) is 92.7 cm³/mol. The molecule has 2 aromatic carbocycles. The third kappa shape index (κ3) is 2.62. The van der Waals surface area contributed by atoms with Gasteiger partial charge in [0.1, 0.15) is 17.6 Å². The van der Waals surface area contributed by atoms with Crippen LogP contribution in [-0.4, -0.2) is 6.54 Å². The number of nitrogens with one attached hydrogen (secondary N) is 1. The summed E-state index contributed by atoms with van der Waals surface area (Å²) in [5.41, 5.74) is 1.14. The lowest BCUT2D eigenvalue weighted by Crippen LogP contribution is -2.30. The largest absolute Gasteiger partial charge is 0.484 e. The highest BCUT2D eigenvalue weighted by Crippen LogP contribution is 2.35. The maximum absolute atomic E-state index is 6.27. The Morgan fingerprint density at radius 3 is 2.77 bits per heavy atom. The summed E-state index contributed by atoms with van der Waals surface area (Å²) in [4.78, 5) is 0. The zero-order valence-electron chi connectivity index (χ0n) is 11.7. The Kier molecular flexibility index (Phi) is 4.43. The summed E-state index contributed by atoms with van der Waals surface area (Å²) in [6.07, 6.45) is 1.71. The zero-order valence-corrected chi connectivity index (χ0v) is 14.1. The first-order chi connectivity index (χ1) is 10.3. The summed E-state index contributed by atoms with van der Waals surface area (Å²) in [6.45, 7) is 1.56. The van der Waals surface area contributed by atoms with Gasteiger partial charge in [0, 0.05) is 22.0 Å². The van der Waals surface area contributed by atoms with Gasteiger partial charge in [-0.1, -0.05) is 40.2 Å². The number of benzene rings is 2. The van der Waals surface area contributed by atoms with Crippen molar-refractivity contribution in [2.24, 2.45) is 0 Å². The summed E-state index contributed by atoms with van der Waals surface area (Å²) < 4.78 is 12.8. The summed E-state index contributed by atoms with van der Waals surface area (Å²) in [6, 6.07) is 14.3. The van der Waals surface area contributed by atoms with Gasteiger partial charge < -0.3 is 14.5 Å². The SMILES string of the molecule is Brc1ccc(OC2CNCc3occc32)c2ccccc12.Cl. The van der Waals surface area contributed by atoms with Crippen LogP contribution in [0.15, 0.2) is 57.6 Å². The molecule has 0 saturated heterocycles. The van der Waals surface area contributed by atoms with Crippen LogP contribution in [0, 0.1) is 0 Å². The van der Waals surface area contributed by atoms with Crippen LogP contribution in [0.3, 0.4) is 0 Å². The molecule has 3 aromatic rings. The second-order valence-corrected chi connectivity index (χ2v) is 5.98. The molecule has 0 saturated carbocycles. The molecule has 4 rings (SSSR count). The van der Waals surface area contributed by atoms with Gasteiger partial charge in [0.15, 0.2) is 0 Å². The van der Waals surface area contributed by atoms with Crippen LogP contribution in [0.1, 0.15) is 17.4 Å². The highest BCUT2D eigenvalue weighted by molar-refractivity contribution is 9.10. The summed E-state index contributed by atoms with van der Waals surface area (Å²) in [5, 5.41) is 5.60. The van der Waals surface area contributed by atoms with Gasteiger partial charge in [-0.25, -0.2) is 0 Å². The molecule has 0 aliphatic carbocycles. The molecule has 1 unspecified atom stereocenters. The zero-order chi connectivity index (χ0) is 14.2. The number of fused-ring (bicyclic) bond motifs is 2. The van der Waals surface area contributed by atoms with E-state index in [9.17, 15) is 0 Å². The Bertz CT molecular complexity index is 802. The highest BCUT2D eigenvalue weighted by atomic mass is 79.9. The van der Waals surface area contributed by atoms with Gasteiger partial charge in [0.2, 0.25) is 0 Å². The molecule has 2 heterocycles. The average molecular weight is 381 g/mol. The van der Waals surface area contributed by atoms with Crippen molar-refractivity contribution in [3.63, 3.8) is 0 Å². The number of hydrogen-bond acceptors (Lipinski definition) is 3. The monoisotopic (exact) mass is 379 g/mol. The number of halogens is 2. The molecular weight excluding hydrogens is 366 g/mol.